The first kappa shape index (κ1) is 18.0. The van der Waals surface area contributed by atoms with E-state index >= 15 is 0 Å². The molecule has 0 N–H and O–H groups in total. The first-order valence-corrected chi connectivity index (χ1v) is 8.74. The molecular formula is C17H21Cl2N3O. The molecule has 0 fully saturated rings. The molecular weight excluding hydrogens is 333 g/mol. The fourth-order valence-electron chi connectivity index (χ4n) is 2.38. The standard InChI is InChI=1S/C17H21Cl2N3O/c1-3-5-10-22(11-6-4-2)17(23)13-14(18)12-8-7-9-20-16(12)21-15(13)19/h7-9H,3-6,10-11H2,1-2H3. The van der Waals surface area contributed by atoms with Crippen molar-refractivity contribution < 1.29 is 4.79 Å². The Hall–Kier alpha value is -1.39. The average molecular weight is 354 g/mol. The van der Waals surface area contributed by atoms with Gasteiger partial charge in [0.2, 0.25) is 0 Å². The lowest BCUT2D eigenvalue weighted by Gasteiger charge is -2.23. The lowest BCUT2D eigenvalue weighted by Crippen LogP contribution is -2.33. The Labute approximate surface area is 146 Å². The molecule has 0 radical (unpaired) electrons. The zero-order chi connectivity index (χ0) is 16.8. The maximum atomic E-state index is 12.9. The number of aromatic nitrogens is 2. The van der Waals surface area contributed by atoms with E-state index in [2.05, 4.69) is 23.8 Å². The van der Waals surface area contributed by atoms with Crippen LogP contribution >= 0.6 is 23.2 Å². The molecule has 0 aromatic carbocycles. The van der Waals surface area contributed by atoms with E-state index in [1.165, 1.54) is 0 Å². The van der Waals surface area contributed by atoms with Gasteiger partial charge in [0.25, 0.3) is 5.91 Å². The number of carbonyl (C=O) groups is 1. The van der Waals surface area contributed by atoms with E-state index in [0.717, 1.165) is 25.7 Å². The Kier molecular flexibility index (Phi) is 6.60. The number of halogens is 2. The molecule has 2 aromatic rings. The SMILES string of the molecule is CCCCN(CCCC)C(=O)c1c(Cl)nc2ncccc2c1Cl. The molecule has 0 aliphatic heterocycles. The molecule has 2 rings (SSSR count). The fraction of sp³-hybridized carbons (Fsp3) is 0.471. The number of nitrogens with zero attached hydrogens (tertiary/aromatic N) is 3. The van der Waals surface area contributed by atoms with Crippen molar-refractivity contribution in [3.63, 3.8) is 0 Å². The van der Waals surface area contributed by atoms with Crippen LogP contribution in [-0.2, 0) is 0 Å². The molecule has 0 aliphatic carbocycles. The molecule has 23 heavy (non-hydrogen) atoms. The molecule has 0 aliphatic rings. The number of pyridine rings is 2. The van der Waals surface area contributed by atoms with Crippen molar-refractivity contribution in [2.24, 2.45) is 0 Å². The molecule has 0 saturated heterocycles. The van der Waals surface area contributed by atoms with Gasteiger partial charge < -0.3 is 4.90 Å². The van der Waals surface area contributed by atoms with Crippen LogP contribution in [0, 0.1) is 0 Å². The first-order valence-electron chi connectivity index (χ1n) is 7.99. The van der Waals surface area contributed by atoms with Crippen LogP contribution in [0.15, 0.2) is 18.3 Å². The summed E-state index contributed by atoms with van der Waals surface area (Å²) in [5, 5.41) is 1.09. The number of hydrogen-bond donors (Lipinski definition) is 0. The minimum Gasteiger partial charge on any atom is -0.339 e. The van der Waals surface area contributed by atoms with Gasteiger partial charge in [0.15, 0.2) is 5.65 Å². The third-order valence-corrected chi connectivity index (χ3v) is 4.38. The maximum Gasteiger partial charge on any atom is 0.258 e. The van der Waals surface area contributed by atoms with E-state index in [-0.39, 0.29) is 16.6 Å². The topological polar surface area (TPSA) is 46.1 Å². The van der Waals surface area contributed by atoms with Crippen LogP contribution in [0.5, 0.6) is 0 Å². The largest absolute Gasteiger partial charge is 0.339 e. The van der Waals surface area contributed by atoms with E-state index in [1.807, 2.05) is 4.90 Å². The quantitative estimate of drug-likeness (QED) is 0.659. The van der Waals surface area contributed by atoms with E-state index in [4.69, 9.17) is 23.2 Å². The predicted molar refractivity (Wildman–Crippen MR) is 95.3 cm³/mol. The van der Waals surface area contributed by atoms with Crippen molar-refractivity contribution in [3.05, 3.63) is 34.1 Å². The normalized spacial score (nSPS) is 11.0. The summed E-state index contributed by atoms with van der Waals surface area (Å²) < 4.78 is 0. The highest BCUT2D eigenvalue weighted by Gasteiger charge is 2.24. The van der Waals surface area contributed by atoms with Crippen molar-refractivity contribution >= 4 is 40.1 Å². The van der Waals surface area contributed by atoms with E-state index in [1.54, 1.807) is 18.3 Å². The van der Waals surface area contributed by atoms with E-state index < -0.39 is 0 Å². The summed E-state index contributed by atoms with van der Waals surface area (Å²) in [5.41, 5.74) is 0.730. The number of rotatable bonds is 7. The number of fused-ring (bicyclic) bond motifs is 1. The Morgan fingerprint density at radius 1 is 1.17 bits per heavy atom. The highest BCUT2D eigenvalue weighted by atomic mass is 35.5. The van der Waals surface area contributed by atoms with Gasteiger partial charge in [-0.15, -0.1) is 0 Å². The predicted octanol–water partition coefficient (Wildman–Crippen LogP) is 4.98. The first-order chi connectivity index (χ1) is 11.1. The summed E-state index contributed by atoms with van der Waals surface area (Å²) in [6, 6.07) is 3.57. The van der Waals surface area contributed by atoms with Crippen molar-refractivity contribution in [2.45, 2.75) is 39.5 Å². The molecule has 124 valence electrons. The molecule has 0 atom stereocenters. The van der Waals surface area contributed by atoms with E-state index in [9.17, 15) is 4.79 Å². The molecule has 4 nitrogen and oxygen atoms in total. The van der Waals surface area contributed by atoms with Crippen molar-refractivity contribution in [2.75, 3.05) is 13.1 Å². The van der Waals surface area contributed by atoms with Gasteiger partial charge in [0.05, 0.1) is 10.6 Å². The maximum absolute atomic E-state index is 12.9. The van der Waals surface area contributed by atoms with Crippen molar-refractivity contribution in [1.29, 1.82) is 0 Å². The second-order valence-corrected chi connectivity index (χ2v) is 6.20. The number of hydrogen-bond acceptors (Lipinski definition) is 3. The molecule has 6 heteroatoms. The van der Waals surface area contributed by atoms with Gasteiger partial charge in [-0.3, -0.25) is 4.79 Å². The summed E-state index contributed by atoms with van der Waals surface area (Å²) >= 11 is 12.7. The van der Waals surface area contributed by atoms with Gasteiger partial charge in [-0.2, -0.15) is 0 Å². The minimum absolute atomic E-state index is 0.115. The summed E-state index contributed by atoms with van der Waals surface area (Å²) in [4.78, 5) is 23.1. The van der Waals surface area contributed by atoms with Crippen LogP contribution < -0.4 is 0 Å². The Morgan fingerprint density at radius 3 is 2.43 bits per heavy atom. The fourth-order valence-corrected chi connectivity index (χ4v) is 3.01. The van der Waals surface area contributed by atoms with Crippen LogP contribution in [0.25, 0.3) is 11.0 Å². The summed E-state index contributed by atoms with van der Waals surface area (Å²) in [6.45, 7) is 5.61. The second kappa shape index (κ2) is 8.46. The lowest BCUT2D eigenvalue weighted by molar-refractivity contribution is 0.0751. The monoisotopic (exact) mass is 353 g/mol. The lowest BCUT2D eigenvalue weighted by atomic mass is 10.1. The van der Waals surface area contributed by atoms with Gasteiger partial charge >= 0.3 is 0 Å². The zero-order valence-corrected chi connectivity index (χ0v) is 15.0. The second-order valence-electron chi connectivity index (χ2n) is 5.47. The van der Waals surface area contributed by atoms with Gasteiger partial charge in [-0.25, -0.2) is 9.97 Å². The van der Waals surface area contributed by atoms with Crippen molar-refractivity contribution in [1.82, 2.24) is 14.9 Å². The third-order valence-electron chi connectivity index (χ3n) is 3.72. The van der Waals surface area contributed by atoms with E-state index in [0.29, 0.717) is 29.1 Å². The molecule has 2 heterocycles. The number of unbranched alkanes of at least 4 members (excludes halogenated alkanes) is 2. The van der Waals surface area contributed by atoms with Crippen LogP contribution in [0.3, 0.4) is 0 Å². The summed E-state index contributed by atoms with van der Waals surface area (Å²) in [7, 11) is 0. The molecule has 0 unspecified atom stereocenters. The Bertz CT molecular complexity index is 683. The summed E-state index contributed by atoms with van der Waals surface area (Å²) in [6.07, 6.45) is 5.58. The van der Waals surface area contributed by atoms with Gasteiger partial charge in [-0.1, -0.05) is 49.9 Å². The zero-order valence-electron chi connectivity index (χ0n) is 13.5. The smallest absolute Gasteiger partial charge is 0.258 e. The highest BCUT2D eigenvalue weighted by Crippen LogP contribution is 2.31. The summed E-state index contributed by atoms with van der Waals surface area (Å²) in [5.74, 6) is -0.153. The third kappa shape index (κ3) is 4.12. The molecule has 1 amide bonds. The van der Waals surface area contributed by atoms with Crippen molar-refractivity contribution in [3.8, 4) is 0 Å². The van der Waals surface area contributed by atoms with Crippen LogP contribution in [0.1, 0.15) is 49.9 Å². The highest BCUT2D eigenvalue weighted by molar-refractivity contribution is 6.42. The molecule has 0 saturated carbocycles. The Balaban J connectivity index is 2.41. The van der Waals surface area contributed by atoms with Crippen LogP contribution in [0.4, 0.5) is 0 Å². The van der Waals surface area contributed by atoms with Gasteiger partial charge in [0, 0.05) is 24.7 Å². The van der Waals surface area contributed by atoms with Crippen LogP contribution in [-0.4, -0.2) is 33.9 Å². The van der Waals surface area contributed by atoms with Gasteiger partial charge in [-0.05, 0) is 25.0 Å². The van der Waals surface area contributed by atoms with Crippen LogP contribution in [0.2, 0.25) is 10.2 Å². The minimum atomic E-state index is -0.153. The number of carbonyl (C=O) groups excluding carboxylic acids is 1. The average Bonchev–Trinajstić information content (AvgIpc) is 2.55. The molecule has 0 spiro atoms. The van der Waals surface area contributed by atoms with Gasteiger partial charge in [0.1, 0.15) is 5.15 Å². The molecule has 0 bridgehead atoms. The Morgan fingerprint density at radius 2 is 1.83 bits per heavy atom. The number of amides is 1. The molecule has 2 aromatic heterocycles.